The SMILES string of the molecule is Nc1c(-c2cccc(Cl)c2)n[nH]c1C(=O)O. The Balaban J connectivity index is 2.53. The fraction of sp³-hybridized carbons (Fsp3) is 0. The van der Waals surface area contributed by atoms with Crippen molar-refractivity contribution in [3.8, 4) is 11.3 Å². The maximum atomic E-state index is 10.8. The van der Waals surface area contributed by atoms with E-state index in [-0.39, 0.29) is 11.4 Å². The molecule has 2 aromatic rings. The lowest BCUT2D eigenvalue weighted by molar-refractivity contribution is 0.0691. The van der Waals surface area contributed by atoms with Crippen molar-refractivity contribution in [3.05, 3.63) is 35.0 Å². The third-order valence-electron chi connectivity index (χ3n) is 2.12. The first-order valence-corrected chi connectivity index (χ1v) is 4.80. The second-order valence-corrected chi connectivity index (χ2v) is 3.61. The zero-order valence-electron chi connectivity index (χ0n) is 8.07. The van der Waals surface area contributed by atoms with Gasteiger partial charge in [-0.1, -0.05) is 23.7 Å². The molecule has 1 heterocycles. The van der Waals surface area contributed by atoms with Gasteiger partial charge in [0.05, 0.1) is 5.69 Å². The number of aromatic amines is 1. The molecule has 0 fully saturated rings. The first-order valence-electron chi connectivity index (χ1n) is 4.42. The summed E-state index contributed by atoms with van der Waals surface area (Å²) in [5.41, 5.74) is 6.72. The minimum Gasteiger partial charge on any atom is -0.476 e. The van der Waals surface area contributed by atoms with Gasteiger partial charge in [0.15, 0.2) is 5.69 Å². The van der Waals surface area contributed by atoms with Crippen LogP contribution in [0.5, 0.6) is 0 Å². The predicted octanol–water partition coefficient (Wildman–Crippen LogP) is 2.01. The minimum atomic E-state index is -1.14. The summed E-state index contributed by atoms with van der Waals surface area (Å²) in [6, 6.07) is 6.88. The molecule has 5 nitrogen and oxygen atoms in total. The van der Waals surface area contributed by atoms with Crippen LogP contribution in [0.15, 0.2) is 24.3 Å². The Hall–Kier alpha value is -2.01. The van der Waals surface area contributed by atoms with Gasteiger partial charge in [0.2, 0.25) is 0 Å². The molecule has 4 N–H and O–H groups in total. The molecule has 0 bridgehead atoms. The fourth-order valence-electron chi connectivity index (χ4n) is 1.37. The lowest BCUT2D eigenvalue weighted by Crippen LogP contribution is -2.01. The van der Waals surface area contributed by atoms with Crippen molar-refractivity contribution in [1.29, 1.82) is 0 Å². The van der Waals surface area contributed by atoms with Crippen molar-refractivity contribution in [2.24, 2.45) is 0 Å². The van der Waals surface area contributed by atoms with Crippen LogP contribution in [-0.4, -0.2) is 21.3 Å². The molecule has 0 radical (unpaired) electrons. The van der Waals surface area contributed by atoms with Crippen LogP contribution in [0.4, 0.5) is 5.69 Å². The molecule has 1 aromatic carbocycles. The van der Waals surface area contributed by atoms with E-state index < -0.39 is 5.97 Å². The quantitative estimate of drug-likeness (QED) is 0.745. The number of anilines is 1. The average molecular weight is 238 g/mol. The number of carboxylic acid groups (broad SMARTS) is 1. The molecule has 0 spiro atoms. The molecule has 0 saturated carbocycles. The molecule has 0 saturated heterocycles. The van der Waals surface area contributed by atoms with Crippen LogP contribution in [0.3, 0.4) is 0 Å². The van der Waals surface area contributed by atoms with Gasteiger partial charge in [0, 0.05) is 10.6 Å². The standard InChI is InChI=1S/C10H8ClN3O2/c11-6-3-1-2-5(4-6)8-7(12)9(10(15)16)14-13-8/h1-4H,12H2,(H,13,14)(H,15,16). The van der Waals surface area contributed by atoms with Gasteiger partial charge in [-0.05, 0) is 12.1 Å². The van der Waals surface area contributed by atoms with Gasteiger partial charge < -0.3 is 10.8 Å². The van der Waals surface area contributed by atoms with Crippen molar-refractivity contribution in [3.63, 3.8) is 0 Å². The summed E-state index contributed by atoms with van der Waals surface area (Å²) < 4.78 is 0. The van der Waals surface area contributed by atoms with Crippen LogP contribution in [0.1, 0.15) is 10.5 Å². The minimum absolute atomic E-state index is 0.106. The molecule has 16 heavy (non-hydrogen) atoms. The number of aromatic nitrogens is 2. The van der Waals surface area contributed by atoms with Gasteiger partial charge in [0.1, 0.15) is 5.69 Å². The lowest BCUT2D eigenvalue weighted by Gasteiger charge is -1.98. The molecular formula is C10H8ClN3O2. The molecule has 1 aromatic heterocycles. The van der Waals surface area contributed by atoms with Crippen molar-refractivity contribution in [1.82, 2.24) is 10.2 Å². The summed E-state index contributed by atoms with van der Waals surface area (Å²) in [6.45, 7) is 0. The second-order valence-electron chi connectivity index (χ2n) is 3.18. The number of halogens is 1. The Bertz CT molecular complexity index is 551. The zero-order valence-corrected chi connectivity index (χ0v) is 8.82. The maximum Gasteiger partial charge on any atom is 0.356 e. The zero-order chi connectivity index (χ0) is 11.7. The molecule has 0 aliphatic heterocycles. The number of carboxylic acids is 1. The van der Waals surface area contributed by atoms with Gasteiger partial charge >= 0.3 is 5.97 Å². The van der Waals surface area contributed by atoms with E-state index in [1.807, 2.05) is 0 Å². The van der Waals surface area contributed by atoms with Crippen molar-refractivity contribution in [2.45, 2.75) is 0 Å². The highest BCUT2D eigenvalue weighted by atomic mass is 35.5. The topological polar surface area (TPSA) is 92.0 Å². The van der Waals surface area contributed by atoms with Crippen LogP contribution < -0.4 is 5.73 Å². The largest absolute Gasteiger partial charge is 0.476 e. The van der Waals surface area contributed by atoms with Crippen LogP contribution in [0.25, 0.3) is 11.3 Å². The highest BCUT2D eigenvalue weighted by Crippen LogP contribution is 2.27. The smallest absolute Gasteiger partial charge is 0.356 e. The van der Waals surface area contributed by atoms with E-state index in [4.69, 9.17) is 22.4 Å². The summed E-state index contributed by atoms with van der Waals surface area (Å²) in [7, 11) is 0. The molecule has 6 heteroatoms. The highest BCUT2D eigenvalue weighted by Gasteiger charge is 2.16. The average Bonchev–Trinajstić information content (AvgIpc) is 2.60. The summed E-state index contributed by atoms with van der Waals surface area (Å²) in [6.07, 6.45) is 0. The first-order chi connectivity index (χ1) is 7.59. The van der Waals surface area contributed by atoms with Gasteiger partial charge in [-0.15, -0.1) is 0 Å². The van der Waals surface area contributed by atoms with Crippen LogP contribution in [0, 0.1) is 0 Å². The van der Waals surface area contributed by atoms with E-state index in [2.05, 4.69) is 10.2 Å². The van der Waals surface area contributed by atoms with E-state index in [0.717, 1.165) is 0 Å². The molecule has 0 aliphatic carbocycles. The van der Waals surface area contributed by atoms with E-state index in [1.165, 1.54) is 0 Å². The van der Waals surface area contributed by atoms with Gasteiger partial charge in [-0.25, -0.2) is 4.79 Å². The number of nitrogen functional groups attached to an aromatic ring is 1. The van der Waals surface area contributed by atoms with Crippen molar-refractivity contribution < 1.29 is 9.90 Å². The van der Waals surface area contributed by atoms with Gasteiger partial charge in [-0.3, -0.25) is 5.10 Å². The van der Waals surface area contributed by atoms with Crippen molar-refractivity contribution in [2.75, 3.05) is 5.73 Å². The third-order valence-corrected chi connectivity index (χ3v) is 2.35. The molecule has 2 rings (SSSR count). The number of nitrogens with one attached hydrogen (secondary N) is 1. The van der Waals surface area contributed by atoms with Crippen LogP contribution in [-0.2, 0) is 0 Å². The van der Waals surface area contributed by atoms with Crippen LogP contribution in [0.2, 0.25) is 5.02 Å². The Morgan fingerprint density at radius 2 is 2.25 bits per heavy atom. The summed E-state index contributed by atoms with van der Waals surface area (Å²) in [4.78, 5) is 10.8. The third kappa shape index (κ3) is 1.72. The molecule has 82 valence electrons. The first kappa shape index (κ1) is 10.5. The van der Waals surface area contributed by atoms with Gasteiger partial charge in [0.25, 0.3) is 0 Å². The normalized spacial score (nSPS) is 10.3. The fourth-order valence-corrected chi connectivity index (χ4v) is 1.56. The number of H-pyrrole nitrogens is 1. The Kier molecular flexibility index (Phi) is 2.54. The lowest BCUT2D eigenvalue weighted by atomic mass is 10.1. The molecular weight excluding hydrogens is 230 g/mol. The van der Waals surface area contributed by atoms with Crippen molar-refractivity contribution >= 4 is 23.3 Å². The molecule has 0 atom stereocenters. The monoisotopic (exact) mass is 237 g/mol. The summed E-state index contributed by atoms with van der Waals surface area (Å²) >= 11 is 5.82. The van der Waals surface area contributed by atoms with E-state index in [9.17, 15) is 4.79 Å². The Morgan fingerprint density at radius 1 is 1.50 bits per heavy atom. The number of hydrogen-bond donors (Lipinski definition) is 3. The highest BCUT2D eigenvalue weighted by molar-refractivity contribution is 6.30. The number of nitrogens with zero attached hydrogens (tertiary/aromatic N) is 1. The molecule has 0 amide bonds. The summed E-state index contributed by atoms with van der Waals surface area (Å²) in [5, 5.41) is 15.6. The predicted molar refractivity (Wildman–Crippen MR) is 60.4 cm³/mol. The maximum absolute atomic E-state index is 10.8. The number of aromatic carboxylic acids is 1. The molecule has 0 unspecified atom stereocenters. The molecule has 0 aliphatic rings. The summed E-state index contributed by atoms with van der Waals surface area (Å²) in [5.74, 6) is -1.14. The second kappa shape index (κ2) is 3.86. The van der Waals surface area contributed by atoms with E-state index in [1.54, 1.807) is 24.3 Å². The number of hydrogen-bond acceptors (Lipinski definition) is 3. The van der Waals surface area contributed by atoms with E-state index >= 15 is 0 Å². The Labute approximate surface area is 95.8 Å². The van der Waals surface area contributed by atoms with E-state index in [0.29, 0.717) is 16.3 Å². The number of carbonyl (C=O) groups is 1. The number of benzene rings is 1. The number of rotatable bonds is 2. The Morgan fingerprint density at radius 3 is 2.81 bits per heavy atom. The van der Waals surface area contributed by atoms with Crippen LogP contribution >= 0.6 is 11.6 Å². The number of nitrogens with two attached hydrogens (primary N) is 1. The van der Waals surface area contributed by atoms with Gasteiger partial charge in [-0.2, -0.15) is 5.10 Å².